The number of rotatable bonds is 10. The minimum Gasteiger partial charge on any atom is -0.352 e. The Hall–Kier alpha value is -3.43. The number of halogens is 2. The molecule has 3 aromatic carbocycles. The van der Waals surface area contributed by atoms with E-state index in [0.29, 0.717) is 10.6 Å². The summed E-state index contributed by atoms with van der Waals surface area (Å²) in [5.41, 5.74) is 0.930. The maximum Gasteiger partial charge on any atom is 0.264 e. The Morgan fingerprint density at radius 2 is 1.63 bits per heavy atom. The summed E-state index contributed by atoms with van der Waals surface area (Å²) in [6.45, 7) is 2.43. The molecule has 1 saturated carbocycles. The summed E-state index contributed by atoms with van der Waals surface area (Å²) in [6.07, 6.45) is 4.87. The van der Waals surface area contributed by atoms with E-state index >= 15 is 0 Å². The van der Waals surface area contributed by atoms with E-state index < -0.39 is 34.3 Å². The molecule has 0 saturated heterocycles. The molecule has 0 heterocycles. The molecule has 10 heteroatoms. The van der Waals surface area contributed by atoms with Crippen LogP contribution in [0, 0.1) is 12.7 Å². The van der Waals surface area contributed by atoms with Crippen molar-refractivity contribution in [1.29, 1.82) is 0 Å². The Kier molecular flexibility index (Phi) is 10.0. The highest BCUT2D eigenvalue weighted by Gasteiger charge is 2.34. The molecule has 0 radical (unpaired) electrons. The fourth-order valence-corrected chi connectivity index (χ4v) is 6.72. The molecule has 1 aliphatic rings. The quantitative estimate of drug-likeness (QED) is 0.317. The van der Waals surface area contributed by atoms with Crippen LogP contribution >= 0.6 is 11.6 Å². The van der Waals surface area contributed by atoms with Gasteiger partial charge in [-0.2, -0.15) is 0 Å². The molecule has 1 fully saturated rings. The summed E-state index contributed by atoms with van der Waals surface area (Å²) < 4.78 is 43.5. The molecule has 1 N–H and O–H groups in total. The van der Waals surface area contributed by atoms with Gasteiger partial charge < -0.3 is 10.2 Å². The van der Waals surface area contributed by atoms with Crippen molar-refractivity contribution in [3.63, 3.8) is 0 Å². The van der Waals surface area contributed by atoms with Gasteiger partial charge in [-0.25, -0.2) is 12.8 Å². The molecule has 1 aliphatic carbocycles. The first-order valence-corrected chi connectivity index (χ1v) is 15.6. The van der Waals surface area contributed by atoms with Gasteiger partial charge in [0.2, 0.25) is 11.8 Å². The van der Waals surface area contributed by atoms with Crippen LogP contribution in [0.2, 0.25) is 5.02 Å². The molecular formula is C31H35ClFN3O4S. The number of benzene rings is 3. The van der Waals surface area contributed by atoms with Crippen molar-refractivity contribution in [3.05, 3.63) is 94.8 Å². The zero-order chi connectivity index (χ0) is 29.6. The molecule has 218 valence electrons. The van der Waals surface area contributed by atoms with Crippen molar-refractivity contribution in [2.75, 3.05) is 10.8 Å². The zero-order valence-electron chi connectivity index (χ0n) is 23.2. The lowest BCUT2D eigenvalue weighted by Crippen LogP contribution is -2.53. The van der Waals surface area contributed by atoms with Gasteiger partial charge in [-0.05, 0) is 62.6 Å². The maximum absolute atomic E-state index is 14.7. The largest absolute Gasteiger partial charge is 0.352 e. The predicted molar refractivity (Wildman–Crippen MR) is 159 cm³/mol. The van der Waals surface area contributed by atoms with Crippen LogP contribution in [0.15, 0.2) is 77.7 Å². The second-order valence-electron chi connectivity index (χ2n) is 10.3. The number of nitrogens with one attached hydrogen (secondary N) is 1. The van der Waals surface area contributed by atoms with Crippen molar-refractivity contribution in [2.24, 2.45) is 0 Å². The third-order valence-corrected chi connectivity index (χ3v) is 9.72. The van der Waals surface area contributed by atoms with E-state index in [2.05, 4.69) is 5.32 Å². The van der Waals surface area contributed by atoms with E-state index in [9.17, 15) is 22.4 Å². The number of hydrogen-bond donors (Lipinski definition) is 1. The standard InChI is InChI=1S/C31H35ClFN3O4S/c1-22-27(32)17-11-19-29(22)36(41(39,40)26-15-7-4-8-16-26)21-30(37)35(20-24-12-9-10-18-28(24)33)23(2)31(38)34-25-13-5-3-6-14-25/h4,7-12,15-19,23,25H,3,5-6,13-14,20-21H2,1-2H3,(H,34,38)/t23-/m0/s1. The lowest BCUT2D eigenvalue weighted by molar-refractivity contribution is -0.139. The van der Waals surface area contributed by atoms with Gasteiger partial charge in [0.25, 0.3) is 10.0 Å². The number of carbonyl (C=O) groups excluding carboxylic acids is 2. The van der Waals surface area contributed by atoms with Gasteiger partial charge in [-0.3, -0.25) is 13.9 Å². The van der Waals surface area contributed by atoms with Crippen molar-refractivity contribution in [3.8, 4) is 0 Å². The molecule has 0 spiro atoms. The minimum absolute atomic E-state index is 0.00378. The van der Waals surface area contributed by atoms with E-state index in [0.717, 1.165) is 36.4 Å². The Morgan fingerprint density at radius 3 is 2.32 bits per heavy atom. The summed E-state index contributed by atoms with van der Waals surface area (Å²) in [6, 6.07) is 17.7. The Balaban J connectivity index is 1.71. The summed E-state index contributed by atoms with van der Waals surface area (Å²) in [4.78, 5) is 28.6. The molecular weight excluding hydrogens is 565 g/mol. The van der Waals surface area contributed by atoms with Crippen molar-refractivity contribution in [2.45, 2.75) is 69.5 Å². The smallest absolute Gasteiger partial charge is 0.264 e. The molecule has 0 aliphatic heterocycles. The summed E-state index contributed by atoms with van der Waals surface area (Å²) >= 11 is 6.35. The Labute approximate surface area is 246 Å². The van der Waals surface area contributed by atoms with Gasteiger partial charge in [0.1, 0.15) is 18.4 Å². The number of nitrogens with zero attached hydrogens (tertiary/aromatic N) is 2. The van der Waals surface area contributed by atoms with Gasteiger partial charge in [-0.15, -0.1) is 0 Å². The number of anilines is 1. The van der Waals surface area contributed by atoms with Crippen molar-refractivity contribution < 1.29 is 22.4 Å². The summed E-state index contributed by atoms with van der Waals surface area (Å²) in [5.74, 6) is -1.54. The predicted octanol–water partition coefficient (Wildman–Crippen LogP) is 5.85. The van der Waals surface area contributed by atoms with Crippen LogP contribution in [0.4, 0.5) is 10.1 Å². The van der Waals surface area contributed by atoms with Crippen LogP contribution in [0.1, 0.15) is 50.2 Å². The molecule has 4 rings (SSSR count). The third kappa shape index (κ3) is 7.26. The van der Waals surface area contributed by atoms with E-state index in [-0.39, 0.29) is 34.6 Å². The second-order valence-corrected chi connectivity index (χ2v) is 12.6. The first-order chi connectivity index (χ1) is 19.6. The van der Waals surface area contributed by atoms with Crippen molar-refractivity contribution >= 4 is 39.1 Å². The summed E-state index contributed by atoms with van der Waals surface area (Å²) in [5, 5.41) is 3.38. The normalized spacial score (nSPS) is 14.7. The number of carbonyl (C=O) groups is 2. The van der Waals surface area contributed by atoms with Gasteiger partial charge in [-0.1, -0.05) is 73.3 Å². The zero-order valence-corrected chi connectivity index (χ0v) is 24.8. The molecule has 1 atom stereocenters. The average Bonchev–Trinajstić information content (AvgIpc) is 2.97. The fraction of sp³-hybridized carbons (Fsp3) is 0.355. The van der Waals surface area contributed by atoms with Crippen LogP contribution in [-0.4, -0.2) is 43.8 Å². The van der Waals surface area contributed by atoms with Crippen molar-refractivity contribution in [1.82, 2.24) is 10.2 Å². The average molecular weight is 600 g/mol. The monoisotopic (exact) mass is 599 g/mol. The summed E-state index contributed by atoms with van der Waals surface area (Å²) in [7, 11) is -4.22. The number of amides is 2. The third-order valence-electron chi connectivity index (χ3n) is 7.54. The highest BCUT2D eigenvalue weighted by Crippen LogP contribution is 2.31. The van der Waals surface area contributed by atoms with Gasteiger partial charge >= 0.3 is 0 Å². The van der Waals surface area contributed by atoms with Crippen LogP contribution in [0.5, 0.6) is 0 Å². The SMILES string of the molecule is Cc1c(Cl)cccc1N(CC(=O)N(Cc1ccccc1F)[C@@H](C)C(=O)NC1CCCCC1)S(=O)(=O)c1ccccc1. The minimum atomic E-state index is -4.22. The van der Waals surface area contributed by atoms with Gasteiger partial charge in [0.05, 0.1) is 10.6 Å². The molecule has 0 bridgehead atoms. The molecule has 41 heavy (non-hydrogen) atoms. The first-order valence-electron chi connectivity index (χ1n) is 13.8. The topological polar surface area (TPSA) is 86.8 Å². The molecule has 2 amide bonds. The molecule has 0 aromatic heterocycles. The lowest BCUT2D eigenvalue weighted by Gasteiger charge is -2.33. The molecule has 3 aromatic rings. The van der Waals surface area contributed by atoms with Gasteiger partial charge in [0, 0.05) is 23.2 Å². The van der Waals surface area contributed by atoms with Crippen LogP contribution < -0.4 is 9.62 Å². The maximum atomic E-state index is 14.7. The Morgan fingerprint density at radius 1 is 0.976 bits per heavy atom. The van der Waals surface area contributed by atoms with Crippen LogP contribution in [0.3, 0.4) is 0 Å². The van der Waals surface area contributed by atoms with E-state index in [1.54, 1.807) is 68.4 Å². The molecule has 7 nitrogen and oxygen atoms in total. The highest BCUT2D eigenvalue weighted by atomic mass is 35.5. The second kappa shape index (κ2) is 13.5. The lowest BCUT2D eigenvalue weighted by atomic mass is 9.95. The van der Waals surface area contributed by atoms with Gasteiger partial charge in [0.15, 0.2) is 0 Å². The van der Waals surface area contributed by atoms with E-state index in [1.165, 1.54) is 23.1 Å². The number of hydrogen-bond acceptors (Lipinski definition) is 4. The number of sulfonamides is 1. The highest BCUT2D eigenvalue weighted by molar-refractivity contribution is 7.92. The Bertz CT molecular complexity index is 1480. The van der Waals surface area contributed by atoms with Crippen LogP contribution in [-0.2, 0) is 26.2 Å². The van der Waals surface area contributed by atoms with E-state index in [1.807, 2.05) is 0 Å². The van der Waals surface area contributed by atoms with E-state index in [4.69, 9.17) is 11.6 Å². The fourth-order valence-electron chi connectivity index (χ4n) is 5.06. The van der Waals surface area contributed by atoms with Crippen LogP contribution in [0.25, 0.3) is 0 Å². The molecule has 0 unspecified atom stereocenters. The first kappa shape index (κ1) is 30.5.